The highest BCUT2D eigenvalue weighted by Crippen LogP contribution is 2.30. The molecule has 4 rings (SSSR count). The maximum atomic E-state index is 12.1. The highest BCUT2D eigenvalue weighted by Gasteiger charge is 2.14. The lowest BCUT2D eigenvalue weighted by molar-refractivity contribution is -0.121. The molecule has 170 valence electrons. The minimum absolute atomic E-state index is 0.00222. The van der Waals surface area contributed by atoms with E-state index >= 15 is 0 Å². The number of amides is 1. The Morgan fingerprint density at radius 1 is 1.24 bits per heavy atom. The van der Waals surface area contributed by atoms with Crippen LogP contribution in [0.3, 0.4) is 0 Å². The predicted octanol–water partition coefficient (Wildman–Crippen LogP) is 5.02. The van der Waals surface area contributed by atoms with E-state index in [1.54, 1.807) is 24.9 Å². The number of aryl methyl sites for hydroxylation is 1. The van der Waals surface area contributed by atoms with Crippen LogP contribution in [0.25, 0.3) is 16.6 Å². The molecule has 7 nitrogen and oxygen atoms in total. The number of halogens is 1. The van der Waals surface area contributed by atoms with Crippen LogP contribution >= 0.6 is 11.6 Å². The molecule has 0 aliphatic rings. The molecular weight excluding hydrogens is 438 g/mol. The van der Waals surface area contributed by atoms with Crippen LogP contribution in [0, 0.1) is 12.8 Å². The molecule has 8 heteroatoms. The Morgan fingerprint density at radius 3 is 2.85 bits per heavy atom. The molecule has 1 N–H and O–H groups in total. The third-order valence-electron chi connectivity index (χ3n) is 5.23. The summed E-state index contributed by atoms with van der Waals surface area (Å²) in [5.41, 5.74) is 4.23. The minimum Gasteiger partial charge on any atom is -0.487 e. The fourth-order valence-electron chi connectivity index (χ4n) is 3.66. The van der Waals surface area contributed by atoms with Crippen LogP contribution in [-0.2, 0) is 17.9 Å². The van der Waals surface area contributed by atoms with E-state index in [4.69, 9.17) is 21.3 Å². The van der Waals surface area contributed by atoms with Crippen molar-refractivity contribution in [1.29, 1.82) is 0 Å². The number of aromatic nitrogens is 4. The first-order valence-corrected chi connectivity index (χ1v) is 11.2. The number of hydrogen-bond acceptors (Lipinski definition) is 5. The predicted molar refractivity (Wildman–Crippen MR) is 128 cm³/mol. The van der Waals surface area contributed by atoms with Crippen molar-refractivity contribution < 1.29 is 9.53 Å². The molecule has 3 heterocycles. The highest BCUT2D eigenvalue weighted by atomic mass is 35.5. The molecule has 0 fully saturated rings. The average molecular weight is 464 g/mol. The van der Waals surface area contributed by atoms with E-state index in [0.29, 0.717) is 29.7 Å². The fraction of sp³-hybridized carbons (Fsp3) is 0.280. The smallest absolute Gasteiger partial charge is 0.220 e. The number of carbonyl (C=O) groups is 1. The third-order valence-corrected chi connectivity index (χ3v) is 5.55. The van der Waals surface area contributed by atoms with Crippen molar-refractivity contribution in [2.24, 2.45) is 5.92 Å². The van der Waals surface area contributed by atoms with Crippen LogP contribution < -0.4 is 10.1 Å². The summed E-state index contributed by atoms with van der Waals surface area (Å²) < 4.78 is 8.17. The summed E-state index contributed by atoms with van der Waals surface area (Å²) in [6.07, 6.45) is 9.18. The first-order valence-electron chi connectivity index (χ1n) is 10.8. The summed E-state index contributed by atoms with van der Waals surface area (Å²) in [4.78, 5) is 25.2. The van der Waals surface area contributed by atoms with Gasteiger partial charge in [-0.05, 0) is 30.5 Å². The van der Waals surface area contributed by atoms with Crippen LogP contribution in [0.4, 0.5) is 0 Å². The maximum absolute atomic E-state index is 12.1. The Hall–Kier alpha value is -3.45. The second-order valence-electron chi connectivity index (χ2n) is 8.33. The van der Waals surface area contributed by atoms with E-state index in [-0.39, 0.29) is 12.5 Å². The summed E-state index contributed by atoms with van der Waals surface area (Å²) in [6, 6.07) is 7.87. The lowest BCUT2D eigenvalue weighted by Gasteiger charge is -2.15. The number of ether oxygens (including phenoxy) is 1. The van der Waals surface area contributed by atoms with E-state index < -0.39 is 0 Å². The molecule has 33 heavy (non-hydrogen) atoms. The van der Waals surface area contributed by atoms with Gasteiger partial charge in [0.05, 0.1) is 17.0 Å². The lowest BCUT2D eigenvalue weighted by atomic mass is 10.1. The SMILES string of the molecule is Cc1cc(-n2ccnc2)c2cccc(OCc3c(Cl)cncc3CNC(=O)CC(C)C)c2n1. The van der Waals surface area contributed by atoms with Crippen LogP contribution in [0.1, 0.15) is 37.1 Å². The minimum atomic E-state index is -0.00222. The number of nitrogens with one attached hydrogen (secondary N) is 1. The van der Waals surface area contributed by atoms with E-state index in [1.807, 2.05) is 55.8 Å². The highest BCUT2D eigenvalue weighted by molar-refractivity contribution is 6.31. The van der Waals surface area contributed by atoms with Crippen molar-refractivity contribution in [3.8, 4) is 11.4 Å². The second kappa shape index (κ2) is 10.0. The monoisotopic (exact) mass is 463 g/mol. The Balaban J connectivity index is 1.60. The van der Waals surface area contributed by atoms with E-state index in [9.17, 15) is 4.79 Å². The maximum Gasteiger partial charge on any atom is 0.220 e. The molecule has 1 amide bonds. The summed E-state index contributed by atoms with van der Waals surface area (Å²) in [5.74, 6) is 0.942. The van der Waals surface area contributed by atoms with Crippen LogP contribution in [0.15, 0.2) is 55.4 Å². The molecule has 0 atom stereocenters. The summed E-state index contributed by atoms with van der Waals surface area (Å²) >= 11 is 6.45. The Morgan fingerprint density at radius 2 is 2.09 bits per heavy atom. The number of rotatable bonds is 8. The van der Waals surface area contributed by atoms with Gasteiger partial charge in [0.2, 0.25) is 5.91 Å². The first-order chi connectivity index (χ1) is 15.9. The fourth-order valence-corrected chi connectivity index (χ4v) is 3.90. The van der Waals surface area contributed by atoms with Crippen molar-refractivity contribution in [3.05, 3.63) is 77.2 Å². The molecule has 0 aliphatic heterocycles. The van der Waals surface area contributed by atoms with Crippen molar-refractivity contribution in [3.63, 3.8) is 0 Å². The number of hydrogen-bond donors (Lipinski definition) is 1. The van der Waals surface area contributed by atoms with Gasteiger partial charge in [-0.25, -0.2) is 9.97 Å². The van der Waals surface area contributed by atoms with E-state index in [2.05, 4.69) is 15.3 Å². The third kappa shape index (κ3) is 5.31. The number of nitrogens with zero attached hydrogens (tertiary/aromatic N) is 4. The van der Waals surface area contributed by atoms with Crippen LogP contribution in [0.2, 0.25) is 5.02 Å². The van der Waals surface area contributed by atoms with E-state index in [1.165, 1.54) is 0 Å². The average Bonchev–Trinajstić information content (AvgIpc) is 3.31. The van der Waals surface area contributed by atoms with E-state index in [0.717, 1.165) is 33.4 Å². The first kappa shape index (κ1) is 22.7. The summed E-state index contributed by atoms with van der Waals surface area (Å²) in [6.45, 7) is 6.55. The normalized spacial score (nSPS) is 11.2. The van der Waals surface area contributed by atoms with Gasteiger partial charge in [-0.1, -0.05) is 37.6 Å². The lowest BCUT2D eigenvalue weighted by Crippen LogP contribution is -2.24. The largest absolute Gasteiger partial charge is 0.487 e. The molecule has 0 spiro atoms. The summed E-state index contributed by atoms with van der Waals surface area (Å²) in [7, 11) is 0. The van der Waals surface area contributed by atoms with Gasteiger partial charge < -0.3 is 14.6 Å². The van der Waals surface area contributed by atoms with Crippen molar-refractivity contribution >= 4 is 28.4 Å². The molecular formula is C25H26ClN5O2. The topological polar surface area (TPSA) is 81.9 Å². The van der Waals surface area contributed by atoms with Gasteiger partial charge in [-0.15, -0.1) is 0 Å². The Labute approximate surface area is 197 Å². The Bertz CT molecular complexity index is 1270. The number of pyridine rings is 2. The molecule has 1 aromatic carbocycles. The molecule has 0 bridgehead atoms. The van der Waals surface area contributed by atoms with Crippen molar-refractivity contribution in [1.82, 2.24) is 24.8 Å². The second-order valence-corrected chi connectivity index (χ2v) is 8.73. The number of para-hydroxylation sites is 1. The quantitative estimate of drug-likeness (QED) is 0.397. The molecule has 3 aromatic heterocycles. The van der Waals surface area contributed by atoms with Gasteiger partial charge in [0.15, 0.2) is 0 Å². The van der Waals surface area contributed by atoms with Gasteiger partial charge in [-0.2, -0.15) is 0 Å². The zero-order valence-electron chi connectivity index (χ0n) is 18.9. The van der Waals surface area contributed by atoms with Crippen molar-refractivity contribution in [2.75, 3.05) is 0 Å². The molecule has 0 saturated heterocycles. The van der Waals surface area contributed by atoms with Crippen molar-refractivity contribution in [2.45, 2.75) is 40.3 Å². The zero-order valence-corrected chi connectivity index (χ0v) is 19.6. The number of carbonyl (C=O) groups excluding carboxylic acids is 1. The standard InChI is InChI=1S/C25H26ClN5O2/c1-16(2)9-24(32)29-12-18-11-28-13-21(26)20(18)14-33-23-6-4-5-19-22(31-8-7-27-15-31)10-17(3)30-25(19)23/h4-8,10-11,13,15-16H,9,12,14H2,1-3H3,(H,29,32). The van der Waals surface area contributed by atoms with Gasteiger partial charge >= 0.3 is 0 Å². The summed E-state index contributed by atoms with van der Waals surface area (Å²) in [5, 5.41) is 4.39. The molecule has 0 saturated carbocycles. The number of benzene rings is 1. The van der Waals surface area contributed by atoms with Gasteiger partial charge in [0.1, 0.15) is 17.9 Å². The van der Waals surface area contributed by atoms with Gasteiger partial charge in [0.25, 0.3) is 0 Å². The van der Waals surface area contributed by atoms with Crippen LogP contribution in [0.5, 0.6) is 5.75 Å². The molecule has 0 aliphatic carbocycles. The molecule has 4 aromatic rings. The molecule has 0 radical (unpaired) electrons. The molecule has 0 unspecified atom stereocenters. The zero-order chi connectivity index (χ0) is 23.4. The Kier molecular flexibility index (Phi) is 6.89. The van der Waals surface area contributed by atoms with Gasteiger partial charge in [-0.3, -0.25) is 9.78 Å². The van der Waals surface area contributed by atoms with Gasteiger partial charge in [0, 0.05) is 54.4 Å². The number of imidazole rings is 1. The van der Waals surface area contributed by atoms with Crippen LogP contribution in [-0.4, -0.2) is 25.4 Å². The number of fused-ring (bicyclic) bond motifs is 1.